The van der Waals surface area contributed by atoms with Gasteiger partial charge >= 0.3 is 0 Å². The van der Waals surface area contributed by atoms with Gasteiger partial charge in [0, 0.05) is 11.5 Å². The van der Waals surface area contributed by atoms with E-state index in [9.17, 15) is 10.2 Å². The highest BCUT2D eigenvalue weighted by Crippen LogP contribution is 2.34. The monoisotopic (exact) mass is 426 g/mol. The maximum absolute atomic E-state index is 10.3. The van der Waals surface area contributed by atoms with E-state index in [1.54, 1.807) is 11.7 Å². The molecule has 0 aliphatic carbocycles. The Labute approximate surface area is 177 Å². The Morgan fingerprint density at radius 2 is 2.16 bits per heavy atom. The summed E-state index contributed by atoms with van der Waals surface area (Å²) >= 11 is 0. The second kappa shape index (κ2) is 9.14. The van der Waals surface area contributed by atoms with Gasteiger partial charge in [-0.2, -0.15) is 0 Å². The minimum absolute atomic E-state index is 0.410. The fraction of sp³-hybridized carbons (Fsp3) is 0.421. The van der Waals surface area contributed by atoms with Gasteiger partial charge in [0.15, 0.2) is 17.0 Å². The number of fused-ring (bicyclic) bond motifs is 1. The third kappa shape index (κ3) is 3.97. The van der Waals surface area contributed by atoms with Crippen LogP contribution in [0.2, 0.25) is 0 Å². The van der Waals surface area contributed by atoms with Crippen molar-refractivity contribution in [2.24, 2.45) is 5.11 Å². The zero-order valence-corrected chi connectivity index (χ0v) is 16.7. The van der Waals surface area contributed by atoms with Gasteiger partial charge < -0.3 is 25.0 Å². The average molecular weight is 426 g/mol. The van der Waals surface area contributed by atoms with Gasteiger partial charge in [-0.3, -0.25) is 4.57 Å². The van der Waals surface area contributed by atoms with Crippen LogP contribution in [0.15, 0.2) is 42.0 Å². The maximum atomic E-state index is 10.3. The third-order valence-corrected chi connectivity index (χ3v) is 5.21. The van der Waals surface area contributed by atoms with Gasteiger partial charge in [-0.05, 0) is 23.6 Å². The van der Waals surface area contributed by atoms with E-state index in [1.807, 2.05) is 24.3 Å². The molecule has 4 rings (SSSR count). The molecule has 2 aromatic heterocycles. The number of nitrogens with one attached hydrogen (secondary N) is 1. The van der Waals surface area contributed by atoms with Crippen LogP contribution in [0.4, 0.5) is 5.82 Å². The first-order chi connectivity index (χ1) is 15.2. The van der Waals surface area contributed by atoms with Crippen molar-refractivity contribution in [3.8, 4) is 5.75 Å². The zero-order chi connectivity index (χ0) is 21.8. The lowest BCUT2D eigenvalue weighted by Gasteiger charge is -2.17. The quantitative estimate of drug-likeness (QED) is 0.276. The minimum atomic E-state index is -1.15. The van der Waals surface area contributed by atoms with Crippen LogP contribution in [-0.4, -0.2) is 68.2 Å². The maximum Gasteiger partial charge on any atom is 0.167 e. The van der Waals surface area contributed by atoms with Crippen molar-refractivity contribution < 1.29 is 19.7 Å². The van der Waals surface area contributed by atoms with Crippen molar-refractivity contribution in [3.05, 3.63) is 52.9 Å². The highest BCUT2D eigenvalue weighted by atomic mass is 16.5. The summed E-state index contributed by atoms with van der Waals surface area (Å²) in [5.74, 6) is 1.36. The molecular formula is C19H22N8O4. The van der Waals surface area contributed by atoms with Crippen LogP contribution in [0, 0.1) is 0 Å². The summed E-state index contributed by atoms with van der Waals surface area (Å²) in [5, 5.41) is 26.6. The molecule has 1 saturated heterocycles. The number of ether oxygens (including phenoxy) is 2. The molecule has 0 unspecified atom stereocenters. The molecule has 3 heterocycles. The second-order valence-corrected chi connectivity index (χ2v) is 6.97. The molecule has 3 N–H and O–H groups in total. The van der Waals surface area contributed by atoms with E-state index >= 15 is 0 Å². The number of aliphatic hydroxyl groups excluding tert-OH is 2. The molecule has 12 heteroatoms. The third-order valence-electron chi connectivity index (χ3n) is 5.21. The van der Waals surface area contributed by atoms with E-state index in [1.165, 1.54) is 12.7 Å². The number of methoxy groups -OCH3 is 1. The molecule has 1 fully saturated rings. The normalized spacial score (nSPS) is 22.9. The van der Waals surface area contributed by atoms with Gasteiger partial charge in [0.05, 0.1) is 26.1 Å². The Bertz CT molecular complexity index is 1100. The Morgan fingerprint density at radius 3 is 2.94 bits per heavy atom. The smallest absolute Gasteiger partial charge is 0.167 e. The van der Waals surface area contributed by atoms with Gasteiger partial charge in [0.25, 0.3) is 0 Å². The van der Waals surface area contributed by atoms with Crippen LogP contribution in [0.25, 0.3) is 21.6 Å². The molecular weight excluding hydrogens is 404 g/mol. The summed E-state index contributed by atoms with van der Waals surface area (Å²) in [6, 6.07) is 6.86. The number of anilines is 1. The van der Waals surface area contributed by atoms with Crippen molar-refractivity contribution in [2.45, 2.75) is 30.9 Å². The lowest BCUT2D eigenvalue weighted by Crippen LogP contribution is -2.31. The topological polar surface area (TPSA) is 163 Å². The van der Waals surface area contributed by atoms with Crippen molar-refractivity contribution in [3.63, 3.8) is 0 Å². The number of aliphatic hydroxyl groups is 2. The molecule has 1 aliphatic heterocycles. The summed E-state index contributed by atoms with van der Waals surface area (Å²) in [6.45, 7) is 0.179. The van der Waals surface area contributed by atoms with Gasteiger partial charge in [-0.15, -0.1) is 0 Å². The standard InChI is InChI=1S/C19H22N8O4/c1-30-12-5-3-2-4-11(12)6-7-21-17-15-18(23-9-22-17)27(10-24-15)19-14(25-26-20)16(29)13(8-28)31-19/h2-5,9-10,13-14,16,19,28-29H,6-8H2,1H3,(H,21,22,23)/t13-,14-,16-,19-/m1/s1. The Balaban J connectivity index is 1.56. The fourth-order valence-corrected chi connectivity index (χ4v) is 3.69. The number of aromatic nitrogens is 4. The highest BCUT2D eigenvalue weighted by Gasteiger charge is 2.44. The first-order valence-corrected chi connectivity index (χ1v) is 9.69. The van der Waals surface area contributed by atoms with Crippen LogP contribution in [0.3, 0.4) is 0 Å². The van der Waals surface area contributed by atoms with E-state index in [0.29, 0.717) is 29.9 Å². The van der Waals surface area contributed by atoms with Gasteiger partial charge in [0.2, 0.25) is 0 Å². The molecule has 0 bridgehead atoms. The summed E-state index contributed by atoms with van der Waals surface area (Å²) in [4.78, 5) is 15.7. The largest absolute Gasteiger partial charge is 0.496 e. The van der Waals surface area contributed by atoms with Crippen LogP contribution >= 0.6 is 0 Å². The number of azide groups is 1. The molecule has 12 nitrogen and oxygen atoms in total. The number of hydrogen-bond acceptors (Lipinski definition) is 9. The minimum Gasteiger partial charge on any atom is -0.496 e. The van der Waals surface area contributed by atoms with Crippen molar-refractivity contribution >= 4 is 17.0 Å². The Kier molecular flexibility index (Phi) is 6.14. The second-order valence-electron chi connectivity index (χ2n) is 6.97. The molecule has 162 valence electrons. The fourth-order valence-electron chi connectivity index (χ4n) is 3.69. The zero-order valence-electron chi connectivity index (χ0n) is 16.7. The Morgan fingerprint density at radius 1 is 1.32 bits per heavy atom. The summed E-state index contributed by atoms with van der Waals surface area (Å²) < 4.78 is 12.7. The lowest BCUT2D eigenvalue weighted by atomic mass is 10.1. The van der Waals surface area contributed by atoms with E-state index in [0.717, 1.165) is 11.3 Å². The lowest BCUT2D eigenvalue weighted by molar-refractivity contribution is -0.0437. The van der Waals surface area contributed by atoms with Crippen LogP contribution in [0.1, 0.15) is 11.8 Å². The van der Waals surface area contributed by atoms with E-state index in [4.69, 9.17) is 15.0 Å². The number of imidazole rings is 1. The molecule has 3 aromatic rings. The molecule has 0 amide bonds. The number of nitrogens with zero attached hydrogens (tertiary/aromatic N) is 7. The molecule has 0 radical (unpaired) electrons. The molecule has 1 aliphatic rings. The first-order valence-electron chi connectivity index (χ1n) is 9.69. The number of benzene rings is 1. The molecule has 4 atom stereocenters. The van der Waals surface area contributed by atoms with Crippen molar-refractivity contribution in [2.75, 3.05) is 25.6 Å². The van der Waals surface area contributed by atoms with E-state index in [2.05, 4.69) is 30.3 Å². The van der Waals surface area contributed by atoms with Gasteiger partial charge in [-0.25, -0.2) is 15.0 Å². The van der Waals surface area contributed by atoms with Gasteiger partial charge in [0.1, 0.15) is 30.5 Å². The van der Waals surface area contributed by atoms with Crippen LogP contribution < -0.4 is 10.1 Å². The summed E-state index contributed by atoms with van der Waals surface area (Å²) in [5.41, 5.74) is 10.9. The number of hydrogen-bond donors (Lipinski definition) is 3. The highest BCUT2D eigenvalue weighted by molar-refractivity contribution is 5.82. The summed E-state index contributed by atoms with van der Waals surface area (Å²) in [6.07, 6.45) is 0.711. The average Bonchev–Trinajstić information content (AvgIpc) is 3.36. The van der Waals surface area contributed by atoms with E-state index in [-0.39, 0.29) is 0 Å². The molecule has 0 saturated carbocycles. The van der Waals surface area contributed by atoms with E-state index < -0.39 is 31.1 Å². The number of para-hydroxylation sites is 1. The Hall–Kier alpha value is -3.44. The van der Waals surface area contributed by atoms with Crippen molar-refractivity contribution in [1.82, 2.24) is 19.5 Å². The molecule has 1 aromatic carbocycles. The molecule has 0 spiro atoms. The SMILES string of the molecule is COc1ccccc1CCNc1ncnc2c1ncn2[C@@H]1O[C@H](CO)[C@@H](O)[C@H]1N=[N+]=[N-]. The predicted octanol–water partition coefficient (Wildman–Crippen LogP) is 1.42. The number of rotatable bonds is 8. The van der Waals surface area contributed by atoms with Crippen LogP contribution in [-0.2, 0) is 11.2 Å². The van der Waals surface area contributed by atoms with Gasteiger partial charge in [-0.1, -0.05) is 23.3 Å². The van der Waals surface area contributed by atoms with Crippen LogP contribution in [0.5, 0.6) is 5.75 Å². The summed E-state index contributed by atoms with van der Waals surface area (Å²) in [7, 11) is 1.64. The molecule has 31 heavy (non-hydrogen) atoms. The van der Waals surface area contributed by atoms with Crippen molar-refractivity contribution in [1.29, 1.82) is 0 Å². The first kappa shape index (κ1) is 20.8. The predicted molar refractivity (Wildman–Crippen MR) is 110 cm³/mol.